The van der Waals surface area contributed by atoms with Crippen LogP contribution < -0.4 is 10.9 Å². The molecule has 0 unspecified atom stereocenters. The predicted molar refractivity (Wildman–Crippen MR) is 113 cm³/mol. The van der Waals surface area contributed by atoms with Gasteiger partial charge in [-0.2, -0.15) is 0 Å². The molecule has 0 atom stereocenters. The van der Waals surface area contributed by atoms with Gasteiger partial charge in [-0.25, -0.2) is 9.37 Å². The van der Waals surface area contributed by atoms with Crippen molar-refractivity contribution in [1.82, 2.24) is 14.9 Å². The molecule has 0 aliphatic rings. The standard InChI is InChI=1S/C19H19ClFN3O2S2/c1-11(2)9-24-18(26)17-15(5-6-27-17)23-19(24)28-10-16(25)22-8-12-3-4-13(21)7-14(12)20/h3-7,11H,8-10H2,1-2H3,(H,22,25). The Kier molecular flexibility index (Phi) is 6.74. The number of thioether (sulfide) groups is 1. The number of halogens is 2. The van der Waals surface area contributed by atoms with Crippen molar-refractivity contribution in [3.63, 3.8) is 0 Å². The number of amides is 1. The van der Waals surface area contributed by atoms with Crippen molar-refractivity contribution in [2.75, 3.05) is 5.75 Å². The molecule has 0 aliphatic heterocycles. The second kappa shape index (κ2) is 9.07. The zero-order chi connectivity index (χ0) is 20.3. The van der Waals surface area contributed by atoms with E-state index in [2.05, 4.69) is 10.3 Å². The highest BCUT2D eigenvalue weighted by Gasteiger charge is 2.15. The summed E-state index contributed by atoms with van der Waals surface area (Å²) in [5.41, 5.74) is 1.21. The lowest BCUT2D eigenvalue weighted by molar-refractivity contribution is -0.118. The summed E-state index contributed by atoms with van der Waals surface area (Å²) in [6.45, 7) is 4.79. The number of nitrogens with zero attached hydrogens (tertiary/aromatic N) is 2. The number of thiophene rings is 1. The fraction of sp³-hybridized carbons (Fsp3) is 0.316. The monoisotopic (exact) mass is 439 g/mol. The lowest BCUT2D eigenvalue weighted by Gasteiger charge is -2.14. The molecule has 0 fully saturated rings. The minimum absolute atomic E-state index is 0.0743. The summed E-state index contributed by atoms with van der Waals surface area (Å²) in [7, 11) is 0. The maximum atomic E-state index is 13.1. The molecule has 28 heavy (non-hydrogen) atoms. The molecule has 9 heteroatoms. The number of hydrogen-bond acceptors (Lipinski definition) is 5. The third-order valence-electron chi connectivity index (χ3n) is 3.90. The molecular weight excluding hydrogens is 421 g/mol. The molecule has 2 heterocycles. The highest BCUT2D eigenvalue weighted by Crippen LogP contribution is 2.22. The van der Waals surface area contributed by atoms with Gasteiger partial charge in [0.25, 0.3) is 5.56 Å². The van der Waals surface area contributed by atoms with Gasteiger partial charge in [-0.05, 0) is 35.1 Å². The average molecular weight is 440 g/mol. The van der Waals surface area contributed by atoms with Crippen LogP contribution in [0.2, 0.25) is 5.02 Å². The molecule has 0 saturated carbocycles. The zero-order valence-electron chi connectivity index (χ0n) is 15.4. The lowest BCUT2D eigenvalue weighted by Crippen LogP contribution is -2.27. The molecule has 148 valence electrons. The largest absolute Gasteiger partial charge is 0.351 e. The summed E-state index contributed by atoms with van der Waals surface area (Å²) in [6, 6.07) is 5.86. The van der Waals surface area contributed by atoms with E-state index in [1.165, 1.54) is 41.3 Å². The van der Waals surface area contributed by atoms with E-state index in [1.807, 2.05) is 25.3 Å². The Morgan fingerprint density at radius 3 is 2.89 bits per heavy atom. The van der Waals surface area contributed by atoms with E-state index < -0.39 is 5.82 Å². The Morgan fingerprint density at radius 2 is 2.18 bits per heavy atom. The number of nitrogens with one attached hydrogen (secondary N) is 1. The summed E-state index contributed by atoms with van der Waals surface area (Å²) in [5, 5.41) is 5.39. The molecule has 0 aliphatic carbocycles. The van der Waals surface area contributed by atoms with Gasteiger partial charge in [0.2, 0.25) is 5.91 Å². The second-order valence-corrected chi connectivity index (χ2v) is 8.91. The van der Waals surface area contributed by atoms with Crippen LogP contribution in [0.3, 0.4) is 0 Å². The SMILES string of the molecule is CC(C)Cn1c(SCC(=O)NCc2ccc(F)cc2Cl)nc2ccsc2c1=O. The molecular formula is C19H19ClFN3O2S2. The van der Waals surface area contributed by atoms with Crippen molar-refractivity contribution in [3.05, 3.63) is 56.4 Å². The van der Waals surface area contributed by atoms with Crippen LogP contribution >= 0.6 is 34.7 Å². The van der Waals surface area contributed by atoms with E-state index in [1.54, 1.807) is 4.57 Å². The first-order valence-electron chi connectivity index (χ1n) is 8.66. The number of fused-ring (bicyclic) bond motifs is 1. The number of carbonyl (C=O) groups excluding carboxylic acids is 1. The summed E-state index contributed by atoms with van der Waals surface area (Å²) in [6.07, 6.45) is 0. The Hall–Kier alpha value is -1.90. The van der Waals surface area contributed by atoms with Crippen LogP contribution in [0.25, 0.3) is 10.2 Å². The molecule has 1 amide bonds. The quantitative estimate of drug-likeness (QED) is 0.440. The topological polar surface area (TPSA) is 64.0 Å². The lowest BCUT2D eigenvalue weighted by atomic mass is 10.2. The molecule has 0 bridgehead atoms. The third-order valence-corrected chi connectivity index (χ3v) is 6.12. The Balaban J connectivity index is 1.70. The number of aromatic nitrogens is 2. The zero-order valence-corrected chi connectivity index (χ0v) is 17.8. The van der Waals surface area contributed by atoms with Gasteiger partial charge in [0, 0.05) is 18.1 Å². The van der Waals surface area contributed by atoms with Crippen LogP contribution in [0.1, 0.15) is 19.4 Å². The normalized spacial score (nSPS) is 11.3. The maximum absolute atomic E-state index is 13.1. The number of carbonyl (C=O) groups is 1. The van der Waals surface area contributed by atoms with Crippen molar-refractivity contribution < 1.29 is 9.18 Å². The van der Waals surface area contributed by atoms with Gasteiger partial charge in [0.05, 0.1) is 11.3 Å². The summed E-state index contributed by atoms with van der Waals surface area (Å²) < 4.78 is 15.4. The van der Waals surface area contributed by atoms with Crippen LogP contribution in [0.15, 0.2) is 39.6 Å². The predicted octanol–water partition coefficient (Wildman–Crippen LogP) is 4.32. The van der Waals surface area contributed by atoms with Crippen molar-refractivity contribution in [2.24, 2.45) is 5.92 Å². The molecule has 3 rings (SSSR count). The van der Waals surface area contributed by atoms with Gasteiger partial charge < -0.3 is 5.32 Å². The van der Waals surface area contributed by atoms with Crippen molar-refractivity contribution in [3.8, 4) is 0 Å². The van der Waals surface area contributed by atoms with E-state index in [0.717, 1.165) is 0 Å². The van der Waals surface area contributed by atoms with Crippen molar-refractivity contribution in [1.29, 1.82) is 0 Å². The summed E-state index contributed by atoms with van der Waals surface area (Å²) >= 11 is 8.57. The van der Waals surface area contributed by atoms with Crippen molar-refractivity contribution in [2.45, 2.75) is 32.1 Å². The minimum atomic E-state index is -0.423. The summed E-state index contributed by atoms with van der Waals surface area (Å²) in [4.78, 5) is 29.5. The summed E-state index contributed by atoms with van der Waals surface area (Å²) in [5.74, 6) is -0.264. The number of rotatable bonds is 7. The van der Waals surface area contributed by atoms with Crippen LogP contribution in [0, 0.1) is 11.7 Å². The van der Waals surface area contributed by atoms with Gasteiger partial charge in [-0.1, -0.05) is 43.3 Å². The van der Waals surface area contributed by atoms with E-state index in [9.17, 15) is 14.0 Å². The smallest absolute Gasteiger partial charge is 0.272 e. The van der Waals surface area contributed by atoms with E-state index >= 15 is 0 Å². The maximum Gasteiger partial charge on any atom is 0.272 e. The molecule has 2 aromatic heterocycles. The highest BCUT2D eigenvalue weighted by molar-refractivity contribution is 7.99. The number of hydrogen-bond donors (Lipinski definition) is 1. The van der Waals surface area contributed by atoms with E-state index in [-0.39, 0.29) is 34.7 Å². The molecule has 3 aromatic rings. The highest BCUT2D eigenvalue weighted by atomic mass is 35.5. The van der Waals surface area contributed by atoms with Gasteiger partial charge in [0.15, 0.2) is 5.16 Å². The Morgan fingerprint density at radius 1 is 1.39 bits per heavy atom. The Bertz CT molecular complexity index is 1070. The molecule has 5 nitrogen and oxygen atoms in total. The Labute approximate surface area is 174 Å². The van der Waals surface area contributed by atoms with Crippen LogP contribution in [0.5, 0.6) is 0 Å². The first-order chi connectivity index (χ1) is 13.3. The van der Waals surface area contributed by atoms with Crippen LogP contribution in [0.4, 0.5) is 4.39 Å². The van der Waals surface area contributed by atoms with Crippen LogP contribution in [-0.2, 0) is 17.9 Å². The fourth-order valence-corrected chi connectivity index (χ4v) is 4.45. The molecule has 0 saturated heterocycles. The van der Waals surface area contributed by atoms with Crippen molar-refractivity contribution >= 4 is 50.8 Å². The first-order valence-corrected chi connectivity index (χ1v) is 10.9. The van der Waals surface area contributed by atoms with Gasteiger partial charge in [0.1, 0.15) is 10.5 Å². The van der Waals surface area contributed by atoms with Gasteiger partial charge in [-0.3, -0.25) is 14.2 Å². The van der Waals surface area contributed by atoms with E-state index in [0.29, 0.717) is 27.5 Å². The minimum Gasteiger partial charge on any atom is -0.351 e. The average Bonchev–Trinajstić information content (AvgIpc) is 3.10. The second-order valence-electron chi connectivity index (χ2n) is 6.64. The number of benzene rings is 1. The first kappa shape index (κ1) is 20.8. The van der Waals surface area contributed by atoms with E-state index in [4.69, 9.17) is 11.6 Å². The van der Waals surface area contributed by atoms with Crippen LogP contribution in [-0.4, -0.2) is 21.2 Å². The molecule has 0 radical (unpaired) electrons. The van der Waals surface area contributed by atoms with Gasteiger partial charge in [-0.15, -0.1) is 11.3 Å². The molecule has 0 spiro atoms. The third kappa shape index (κ3) is 4.92. The van der Waals surface area contributed by atoms with Gasteiger partial charge >= 0.3 is 0 Å². The fourth-order valence-electron chi connectivity index (χ4n) is 2.60. The molecule has 1 N–H and O–H groups in total. The molecule has 1 aromatic carbocycles.